The van der Waals surface area contributed by atoms with E-state index < -0.39 is 0 Å². The summed E-state index contributed by atoms with van der Waals surface area (Å²) < 4.78 is 8.21. The second-order valence-corrected chi connectivity index (χ2v) is 7.39. The van der Waals surface area contributed by atoms with E-state index in [1.165, 1.54) is 22.2 Å². The molecule has 1 aliphatic heterocycles. The highest BCUT2D eigenvalue weighted by atomic mass is 16.3. The zero-order valence-corrected chi connectivity index (χ0v) is 16.3. The highest BCUT2D eigenvalue weighted by Gasteiger charge is 2.39. The molecule has 5 rings (SSSR count). The maximum atomic E-state index is 6.00. The first-order valence-electron chi connectivity index (χ1n) is 9.47. The van der Waals surface area contributed by atoms with E-state index in [1.807, 2.05) is 6.07 Å². The van der Waals surface area contributed by atoms with Crippen LogP contribution in [0.2, 0.25) is 0 Å². The third-order valence-corrected chi connectivity index (χ3v) is 5.57. The van der Waals surface area contributed by atoms with Crippen LogP contribution in [0.4, 0.5) is 5.69 Å². The Morgan fingerprint density at radius 3 is 2.68 bits per heavy atom. The minimum Gasteiger partial charge on any atom is -0.436 e. The van der Waals surface area contributed by atoms with Crippen molar-refractivity contribution in [2.75, 3.05) is 11.9 Å². The van der Waals surface area contributed by atoms with Gasteiger partial charge in [0.25, 0.3) is 0 Å². The molecule has 4 nitrogen and oxygen atoms in total. The van der Waals surface area contributed by atoms with Crippen molar-refractivity contribution in [2.24, 2.45) is 7.05 Å². The molecular formula is C23H21BN3O+. The summed E-state index contributed by atoms with van der Waals surface area (Å²) in [5.74, 6) is 0.881. The van der Waals surface area contributed by atoms with Gasteiger partial charge in [-0.3, -0.25) is 0 Å². The molecule has 0 spiro atoms. The van der Waals surface area contributed by atoms with Gasteiger partial charge >= 0.3 is 6.85 Å². The number of hydrogen-bond donors (Lipinski definition) is 0. The predicted octanol–water partition coefficient (Wildman–Crippen LogP) is 3.61. The molecule has 5 heteroatoms. The lowest BCUT2D eigenvalue weighted by Crippen LogP contribution is -2.62. The van der Waals surface area contributed by atoms with Crippen molar-refractivity contribution in [3.63, 3.8) is 0 Å². The number of pyridine rings is 2. The molecule has 0 saturated carbocycles. The summed E-state index contributed by atoms with van der Waals surface area (Å²) >= 11 is 0. The standard InChI is InChI=1S/C23H21BN3O/c1-16-14-20-22(19-10-7-12-25-23(19)28-20)27(3)24(16)21-15-18(11-13-26(21)2)17-8-5-4-6-9-17/h4-15H,1-3H3/q+1. The largest absolute Gasteiger partial charge is 0.436 e. The first-order valence-corrected chi connectivity index (χ1v) is 9.47. The number of anilines is 1. The Morgan fingerprint density at radius 2 is 1.86 bits per heavy atom. The Labute approximate surface area is 164 Å². The van der Waals surface area contributed by atoms with Crippen molar-refractivity contribution in [1.29, 1.82) is 0 Å². The summed E-state index contributed by atoms with van der Waals surface area (Å²) in [7, 11) is 4.24. The molecule has 0 radical (unpaired) electrons. The predicted molar refractivity (Wildman–Crippen MR) is 115 cm³/mol. The monoisotopic (exact) mass is 366 g/mol. The third-order valence-electron chi connectivity index (χ3n) is 5.57. The molecule has 136 valence electrons. The Hall–Kier alpha value is -3.34. The number of aryl methyl sites for hydroxylation is 1. The quantitative estimate of drug-likeness (QED) is 0.401. The smallest absolute Gasteiger partial charge is 0.399 e. The van der Waals surface area contributed by atoms with Crippen LogP contribution in [0.5, 0.6) is 0 Å². The second-order valence-electron chi connectivity index (χ2n) is 7.39. The molecule has 0 bridgehead atoms. The normalized spacial score (nSPS) is 13.6. The van der Waals surface area contributed by atoms with Crippen LogP contribution in [0.3, 0.4) is 0 Å². The molecule has 3 aromatic heterocycles. The average molecular weight is 366 g/mol. The number of hydrogen-bond acceptors (Lipinski definition) is 3. The molecule has 0 aliphatic carbocycles. The molecule has 0 fully saturated rings. The number of fused-ring (bicyclic) bond motifs is 3. The zero-order chi connectivity index (χ0) is 19.3. The van der Waals surface area contributed by atoms with Gasteiger partial charge in [-0.15, -0.1) is 0 Å². The summed E-state index contributed by atoms with van der Waals surface area (Å²) in [6.45, 7) is 2.29. The molecule has 0 N–H and O–H groups in total. The van der Waals surface area contributed by atoms with Gasteiger partial charge in [0.1, 0.15) is 7.05 Å². The van der Waals surface area contributed by atoms with Gasteiger partial charge in [-0.05, 0) is 43.3 Å². The summed E-state index contributed by atoms with van der Waals surface area (Å²) in [5.41, 5.74) is 6.72. The van der Waals surface area contributed by atoms with E-state index in [0.717, 1.165) is 16.8 Å². The Bertz CT molecular complexity index is 1210. The number of benzene rings is 1. The van der Waals surface area contributed by atoms with Crippen LogP contribution in [-0.2, 0) is 7.05 Å². The van der Waals surface area contributed by atoms with Crippen molar-refractivity contribution in [3.8, 4) is 11.1 Å². The topological polar surface area (TPSA) is 33.2 Å². The van der Waals surface area contributed by atoms with Crippen LogP contribution in [-0.4, -0.2) is 18.9 Å². The maximum absolute atomic E-state index is 6.00. The minimum absolute atomic E-state index is 0.127. The van der Waals surface area contributed by atoms with E-state index in [4.69, 9.17) is 4.42 Å². The molecule has 1 aliphatic rings. The Balaban J connectivity index is 1.66. The first-order chi connectivity index (χ1) is 13.6. The van der Waals surface area contributed by atoms with Crippen LogP contribution in [0, 0.1) is 0 Å². The molecule has 0 saturated heterocycles. The molecule has 0 atom stereocenters. The van der Waals surface area contributed by atoms with Crippen molar-refractivity contribution in [3.05, 3.63) is 78.2 Å². The van der Waals surface area contributed by atoms with Gasteiger partial charge < -0.3 is 9.23 Å². The van der Waals surface area contributed by atoms with Gasteiger partial charge in [-0.25, -0.2) is 9.55 Å². The van der Waals surface area contributed by atoms with Crippen LogP contribution >= 0.6 is 0 Å². The van der Waals surface area contributed by atoms with E-state index in [9.17, 15) is 0 Å². The molecule has 1 aromatic carbocycles. The fourth-order valence-electron chi connectivity index (χ4n) is 4.22. The van der Waals surface area contributed by atoms with Gasteiger partial charge in [-0.2, -0.15) is 0 Å². The highest BCUT2D eigenvalue weighted by Crippen LogP contribution is 2.38. The zero-order valence-electron chi connectivity index (χ0n) is 16.3. The van der Waals surface area contributed by atoms with Crippen LogP contribution in [0.1, 0.15) is 12.7 Å². The van der Waals surface area contributed by atoms with Gasteiger partial charge in [0.15, 0.2) is 17.6 Å². The molecule has 4 aromatic rings. The summed E-state index contributed by atoms with van der Waals surface area (Å²) in [5, 5.41) is 1.05. The Kier molecular flexibility index (Phi) is 3.83. The lowest BCUT2D eigenvalue weighted by molar-refractivity contribution is -0.654. The van der Waals surface area contributed by atoms with E-state index in [-0.39, 0.29) is 6.85 Å². The second kappa shape index (κ2) is 6.38. The highest BCUT2D eigenvalue weighted by molar-refractivity contribution is 6.83. The van der Waals surface area contributed by atoms with Crippen LogP contribution < -0.4 is 15.0 Å². The maximum Gasteiger partial charge on any atom is 0.399 e. The third kappa shape index (κ3) is 2.54. The van der Waals surface area contributed by atoms with Gasteiger partial charge in [0, 0.05) is 18.3 Å². The fourth-order valence-corrected chi connectivity index (χ4v) is 4.22. The van der Waals surface area contributed by atoms with Crippen molar-refractivity contribution < 1.29 is 8.98 Å². The lowest BCUT2D eigenvalue weighted by atomic mass is 9.49. The van der Waals surface area contributed by atoms with Gasteiger partial charge in [0.05, 0.1) is 11.1 Å². The number of furan rings is 1. The van der Waals surface area contributed by atoms with E-state index >= 15 is 0 Å². The molecule has 4 heterocycles. The van der Waals surface area contributed by atoms with E-state index in [2.05, 4.69) is 96.2 Å². The molecule has 0 amide bonds. The number of allylic oxidation sites excluding steroid dienone is 1. The number of nitrogens with zero attached hydrogens (tertiary/aromatic N) is 3. The van der Waals surface area contributed by atoms with E-state index in [0.29, 0.717) is 5.71 Å². The summed E-state index contributed by atoms with van der Waals surface area (Å²) in [6.07, 6.45) is 6.06. The molecule has 28 heavy (non-hydrogen) atoms. The van der Waals surface area contributed by atoms with Crippen molar-refractivity contribution >= 4 is 35.3 Å². The lowest BCUT2D eigenvalue weighted by Gasteiger charge is -2.29. The SMILES string of the molecule is CC1=Cc2oc3ncccc3c2N(C)B1c1cc(-c2ccccc2)cc[n+]1C. The summed E-state index contributed by atoms with van der Waals surface area (Å²) in [6, 6.07) is 19.0. The fraction of sp³-hybridized carbons (Fsp3) is 0.130. The minimum atomic E-state index is 0.127. The summed E-state index contributed by atoms with van der Waals surface area (Å²) in [4.78, 5) is 6.69. The molecular weight excluding hydrogens is 345 g/mol. The first kappa shape index (κ1) is 16.8. The Morgan fingerprint density at radius 1 is 1.04 bits per heavy atom. The van der Waals surface area contributed by atoms with E-state index in [1.54, 1.807) is 6.20 Å². The average Bonchev–Trinajstić information content (AvgIpc) is 3.08. The molecule has 0 unspecified atom stereocenters. The number of rotatable bonds is 2. The van der Waals surface area contributed by atoms with Gasteiger partial charge in [0.2, 0.25) is 5.71 Å². The van der Waals surface area contributed by atoms with Crippen LogP contribution in [0.25, 0.3) is 28.3 Å². The van der Waals surface area contributed by atoms with Crippen LogP contribution in [0.15, 0.2) is 76.9 Å². The van der Waals surface area contributed by atoms with Gasteiger partial charge in [-0.1, -0.05) is 35.8 Å². The van der Waals surface area contributed by atoms with Crippen molar-refractivity contribution in [2.45, 2.75) is 6.92 Å². The number of aromatic nitrogens is 2. The van der Waals surface area contributed by atoms with Crippen molar-refractivity contribution in [1.82, 2.24) is 4.98 Å².